The molecule has 3 heteroatoms. The Labute approximate surface area is 97.5 Å². The van der Waals surface area contributed by atoms with E-state index >= 15 is 0 Å². The van der Waals surface area contributed by atoms with Gasteiger partial charge < -0.3 is 4.74 Å². The van der Waals surface area contributed by atoms with E-state index in [1.165, 1.54) is 5.56 Å². The fraction of sp³-hybridized carbons (Fsp3) is 0.455. The second-order valence-electron chi connectivity index (χ2n) is 3.56. The maximum Gasteiger partial charge on any atom is 0.0550 e. The molecule has 1 aromatic rings. The van der Waals surface area contributed by atoms with Crippen molar-refractivity contribution in [1.29, 1.82) is 0 Å². The fourth-order valence-electron chi connectivity index (χ4n) is 1.80. The van der Waals surface area contributed by atoms with Gasteiger partial charge in [0.15, 0.2) is 0 Å². The maximum atomic E-state index is 6.05. The van der Waals surface area contributed by atoms with E-state index in [9.17, 15) is 0 Å². The van der Waals surface area contributed by atoms with Crippen LogP contribution >= 0.6 is 27.5 Å². The van der Waals surface area contributed by atoms with Gasteiger partial charge in [0.05, 0.1) is 5.02 Å². The Kier molecular flexibility index (Phi) is 3.47. The van der Waals surface area contributed by atoms with Crippen LogP contribution in [-0.4, -0.2) is 13.2 Å². The summed E-state index contributed by atoms with van der Waals surface area (Å²) in [6.45, 7) is 1.75. The number of rotatable bonds is 1. The zero-order chi connectivity index (χ0) is 9.97. The Morgan fingerprint density at radius 3 is 2.64 bits per heavy atom. The molecule has 76 valence electrons. The third-order valence-electron chi connectivity index (χ3n) is 2.64. The van der Waals surface area contributed by atoms with Crippen molar-refractivity contribution in [1.82, 2.24) is 0 Å². The molecule has 14 heavy (non-hydrogen) atoms. The average molecular weight is 276 g/mol. The topological polar surface area (TPSA) is 9.23 Å². The monoisotopic (exact) mass is 274 g/mol. The van der Waals surface area contributed by atoms with Crippen LogP contribution in [-0.2, 0) is 4.74 Å². The van der Waals surface area contributed by atoms with E-state index in [0.29, 0.717) is 5.92 Å². The quantitative estimate of drug-likeness (QED) is 0.753. The molecule has 0 bridgehead atoms. The third-order valence-corrected chi connectivity index (χ3v) is 3.87. The fourth-order valence-corrected chi connectivity index (χ4v) is 2.23. The first-order valence-corrected chi connectivity index (χ1v) is 5.97. The summed E-state index contributed by atoms with van der Waals surface area (Å²) in [4.78, 5) is 0. The smallest absolute Gasteiger partial charge is 0.0550 e. The van der Waals surface area contributed by atoms with Gasteiger partial charge in [-0.3, -0.25) is 0 Å². The van der Waals surface area contributed by atoms with Crippen molar-refractivity contribution < 1.29 is 4.74 Å². The number of benzene rings is 1. The molecule has 0 N–H and O–H groups in total. The number of halogens is 2. The molecule has 0 unspecified atom stereocenters. The highest BCUT2D eigenvalue weighted by atomic mass is 79.9. The Balaban J connectivity index is 2.18. The second-order valence-corrected chi connectivity index (χ2v) is 4.82. The van der Waals surface area contributed by atoms with Crippen LogP contribution in [0.25, 0.3) is 0 Å². The van der Waals surface area contributed by atoms with Crippen LogP contribution in [0.2, 0.25) is 5.02 Å². The highest BCUT2D eigenvalue weighted by molar-refractivity contribution is 9.10. The molecule has 1 aromatic carbocycles. The van der Waals surface area contributed by atoms with Crippen LogP contribution < -0.4 is 0 Å². The van der Waals surface area contributed by atoms with Gasteiger partial charge in [0, 0.05) is 17.7 Å². The van der Waals surface area contributed by atoms with Crippen molar-refractivity contribution in [3.05, 3.63) is 33.3 Å². The van der Waals surface area contributed by atoms with E-state index in [0.717, 1.165) is 35.6 Å². The zero-order valence-electron chi connectivity index (χ0n) is 7.80. The van der Waals surface area contributed by atoms with E-state index in [2.05, 4.69) is 28.1 Å². The van der Waals surface area contributed by atoms with E-state index in [1.807, 2.05) is 6.07 Å². The minimum Gasteiger partial charge on any atom is -0.381 e. The van der Waals surface area contributed by atoms with Crippen LogP contribution in [0, 0.1) is 0 Å². The van der Waals surface area contributed by atoms with Gasteiger partial charge in [0.25, 0.3) is 0 Å². The molecule has 1 nitrogen and oxygen atoms in total. The van der Waals surface area contributed by atoms with Crippen LogP contribution in [0.15, 0.2) is 22.7 Å². The van der Waals surface area contributed by atoms with Crippen molar-refractivity contribution in [2.24, 2.45) is 0 Å². The average Bonchev–Trinajstić information content (AvgIpc) is 2.23. The summed E-state index contributed by atoms with van der Waals surface area (Å²) in [6.07, 6.45) is 2.22. The third kappa shape index (κ3) is 2.30. The van der Waals surface area contributed by atoms with Crippen LogP contribution in [0.3, 0.4) is 0 Å². The molecule has 2 rings (SSSR count). The Hall–Kier alpha value is -0.0500. The summed E-state index contributed by atoms with van der Waals surface area (Å²) < 4.78 is 6.30. The van der Waals surface area contributed by atoms with Gasteiger partial charge in [0.2, 0.25) is 0 Å². The normalized spacial score (nSPS) is 18.4. The lowest BCUT2D eigenvalue weighted by Gasteiger charge is -2.22. The maximum absolute atomic E-state index is 6.05. The zero-order valence-corrected chi connectivity index (χ0v) is 10.1. The first-order valence-electron chi connectivity index (χ1n) is 4.80. The molecule has 0 radical (unpaired) electrons. The summed E-state index contributed by atoms with van der Waals surface area (Å²) in [7, 11) is 0. The summed E-state index contributed by atoms with van der Waals surface area (Å²) in [6, 6.07) is 6.22. The van der Waals surface area contributed by atoms with Gasteiger partial charge in [-0.25, -0.2) is 0 Å². The Morgan fingerprint density at radius 1 is 1.29 bits per heavy atom. The predicted octanol–water partition coefficient (Wildman–Crippen LogP) is 4.00. The molecule has 1 fully saturated rings. The van der Waals surface area contributed by atoms with Gasteiger partial charge in [0.1, 0.15) is 0 Å². The lowest BCUT2D eigenvalue weighted by Crippen LogP contribution is -2.13. The molecule has 1 aliphatic rings. The van der Waals surface area contributed by atoms with Crippen molar-refractivity contribution in [2.75, 3.05) is 13.2 Å². The molecule has 0 amide bonds. The molecule has 0 spiro atoms. The predicted molar refractivity (Wildman–Crippen MR) is 61.9 cm³/mol. The van der Waals surface area contributed by atoms with E-state index in [4.69, 9.17) is 16.3 Å². The van der Waals surface area contributed by atoms with E-state index in [1.54, 1.807) is 0 Å². The summed E-state index contributed by atoms with van der Waals surface area (Å²) in [5.74, 6) is 0.620. The SMILES string of the molecule is Clc1cc(C2CCOCC2)ccc1Br. The molecule has 0 aliphatic carbocycles. The Morgan fingerprint density at radius 2 is 2.00 bits per heavy atom. The van der Waals surface area contributed by atoms with Crippen molar-refractivity contribution in [2.45, 2.75) is 18.8 Å². The van der Waals surface area contributed by atoms with Crippen LogP contribution in [0.4, 0.5) is 0 Å². The lowest BCUT2D eigenvalue weighted by atomic mass is 9.92. The molecule has 1 saturated heterocycles. The highest BCUT2D eigenvalue weighted by Crippen LogP contribution is 2.31. The first-order chi connectivity index (χ1) is 6.77. The van der Waals surface area contributed by atoms with Gasteiger partial charge in [-0.15, -0.1) is 0 Å². The Bertz CT molecular complexity index is 321. The van der Waals surface area contributed by atoms with Gasteiger partial charge in [-0.2, -0.15) is 0 Å². The minimum absolute atomic E-state index is 0.620. The number of ether oxygens (including phenoxy) is 1. The van der Waals surface area contributed by atoms with E-state index in [-0.39, 0.29) is 0 Å². The lowest BCUT2D eigenvalue weighted by molar-refractivity contribution is 0.0853. The van der Waals surface area contributed by atoms with Crippen molar-refractivity contribution >= 4 is 27.5 Å². The number of hydrogen-bond acceptors (Lipinski definition) is 1. The summed E-state index contributed by atoms with van der Waals surface area (Å²) in [5.41, 5.74) is 1.33. The van der Waals surface area contributed by atoms with Crippen molar-refractivity contribution in [3.8, 4) is 0 Å². The molecule has 0 atom stereocenters. The number of hydrogen-bond donors (Lipinski definition) is 0. The van der Waals surface area contributed by atoms with Crippen molar-refractivity contribution in [3.63, 3.8) is 0 Å². The molecule has 0 saturated carbocycles. The highest BCUT2D eigenvalue weighted by Gasteiger charge is 2.16. The molecule has 1 aliphatic heterocycles. The van der Waals surface area contributed by atoms with Crippen LogP contribution in [0.5, 0.6) is 0 Å². The molecular formula is C11H12BrClO. The largest absolute Gasteiger partial charge is 0.381 e. The van der Waals surface area contributed by atoms with E-state index < -0.39 is 0 Å². The van der Waals surface area contributed by atoms with Crippen LogP contribution in [0.1, 0.15) is 24.3 Å². The second kappa shape index (κ2) is 4.65. The minimum atomic E-state index is 0.620. The molecule has 1 heterocycles. The van der Waals surface area contributed by atoms with Gasteiger partial charge in [-0.1, -0.05) is 17.7 Å². The summed E-state index contributed by atoms with van der Waals surface area (Å²) in [5, 5.41) is 0.800. The standard InChI is InChI=1S/C11H12BrClO/c12-10-2-1-9(7-11(10)13)8-3-5-14-6-4-8/h1-2,7-8H,3-6H2. The van der Waals surface area contributed by atoms with Gasteiger partial charge in [-0.05, 0) is 52.4 Å². The molecule has 0 aromatic heterocycles. The first kappa shape index (κ1) is 10.5. The van der Waals surface area contributed by atoms with Gasteiger partial charge >= 0.3 is 0 Å². The molecular weight excluding hydrogens is 263 g/mol. The summed E-state index contributed by atoms with van der Waals surface area (Å²) >= 11 is 9.45.